The Morgan fingerprint density at radius 3 is 0.981 bits per heavy atom. The van der Waals surface area contributed by atoms with Crippen LogP contribution in [0.2, 0.25) is 0 Å². The molecule has 8 aromatic carbocycles. The van der Waals surface area contributed by atoms with Crippen LogP contribution in [0.15, 0.2) is 170 Å². The Bertz CT molecular complexity index is 2350. The molecule has 0 aliphatic heterocycles. The molecule has 0 radical (unpaired) electrons. The van der Waals surface area contributed by atoms with Crippen LogP contribution in [0.1, 0.15) is 34.3 Å². The summed E-state index contributed by atoms with van der Waals surface area (Å²) >= 11 is -1.62. The standard InChI is InChI=1S/C46H32N2.3ClH.Cr/c1-3-15-31-29(13-1)25-27-41(47-45-37-21-9-5-17-33(37)34-18-6-10-22-38(34)45)43(31)44-32-16-4-2-14-30(32)26-28-42(44)48-46-39-23-11-7-19-35(39)36-20-8-12-24-40(36)46;;;;/h1-28,45-48H;3*1H;/q;;;;+3/p-3. The van der Waals surface area contributed by atoms with Gasteiger partial charge in [0.05, 0.1) is 12.1 Å². The van der Waals surface area contributed by atoms with Crippen LogP contribution in [0.4, 0.5) is 11.4 Å². The molecule has 0 saturated heterocycles. The molecule has 52 heavy (non-hydrogen) atoms. The third kappa shape index (κ3) is 5.84. The normalized spacial score (nSPS) is 12.9. The van der Waals surface area contributed by atoms with Gasteiger partial charge in [0, 0.05) is 22.5 Å². The number of fused-ring (bicyclic) bond motifs is 8. The van der Waals surface area contributed by atoms with Crippen LogP contribution < -0.4 is 10.6 Å². The molecular weight excluding hydrogens is 739 g/mol. The van der Waals surface area contributed by atoms with Crippen molar-refractivity contribution in [1.29, 1.82) is 0 Å². The zero-order valence-corrected chi connectivity index (χ0v) is 31.4. The summed E-state index contributed by atoms with van der Waals surface area (Å²) in [6, 6.07) is 62.1. The number of rotatable bonds is 5. The Kier molecular flexibility index (Phi) is 8.93. The van der Waals surface area contributed by atoms with Crippen molar-refractivity contribution in [3.8, 4) is 33.4 Å². The van der Waals surface area contributed by atoms with Gasteiger partial charge in [-0.25, -0.2) is 0 Å². The van der Waals surface area contributed by atoms with Crippen molar-refractivity contribution in [2.45, 2.75) is 12.1 Å². The number of benzene rings is 8. The van der Waals surface area contributed by atoms with Gasteiger partial charge in [-0.05, 0) is 78.2 Å². The molecule has 0 unspecified atom stereocenters. The molecule has 0 fully saturated rings. The molecular formula is C46H32Cl3CrN2. The third-order valence-corrected chi connectivity index (χ3v) is 10.4. The molecule has 0 amide bonds. The van der Waals surface area contributed by atoms with Gasteiger partial charge < -0.3 is 10.6 Å². The first-order valence-corrected chi connectivity index (χ1v) is 22.5. The van der Waals surface area contributed by atoms with E-state index in [0.29, 0.717) is 0 Å². The molecule has 6 heteroatoms. The fourth-order valence-electron chi connectivity index (χ4n) is 8.26. The minimum Gasteiger partial charge on any atom is -0.374 e. The second-order valence-electron chi connectivity index (χ2n) is 13.1. The quantitative estimate of drug-likeness (QED) is 0.182. The smallest absolute Gasteiger partial charge is 0.0779 e. The van der Waals surface area contributed by atoms with Crippen molar-refractivity contribution in [2.75, 3.05) is 10.6 Å². The van der Waals surface area contributed by atoms with Gasteiger partial charge in [-0.3, -0.25) is 0 Å². The Morgan fingerprint density at radius 1 is 0.346 bits per heavy atom. The molecule has 2 nitrogen and oxygen atoms in total. The Hall–Kier alpha value is -4.72. The van der Waals surface area contributed by atoms with Gasteiger partial charge in [-0.1, -0.05) is 158 Å². The van der Waals surface area contributed by atoms with Crippen LogP contribution in [-0.2, 0) is 11.4 Å². The molecule has 0 heterocycles. The van der Waals surface area contributed by atoms with E-state index in [9.17, 15) is 0 Å². The number of anilines is 2. The molecule has 2 aliphatic rings. The summed E-state index contributed by atoms with van der Waals surface area (Å²) in [5.41, 5.74) is 15.1. The van der Waals surface area contributed by atoms with Crippen molar-refractivity contribution in [1.82, 2.24) is 0 Å². The molecule has 10 rings (SSSR count). The molecule has 2 N–H and O–H groups in total. The van der Waals surface area contributed by atoms with Gasteiger partial charge in [-0.15, -0.1) is 0 Å². The van der Waals surface area contributed by atoms with Crippen molar-refractivity contribution < 1.29 is 11.4 Å². The van der Waals surface area contributed by atoms with Gasteiger partial charge in [-0.2, -0.15) is 0 Å². The zero-order chi connectivity index (χ0) is 35.2. The summed E-state index contributed by atoms with van der Waals surface area (Å²) in [6.07, 6.45) is 0. The average molecular weight is 771 g/mol. The fraction of sp³-hybridized carbons (Fsp3) is 0.0435. The molecule has 8 aromatic rings. The van der Waals surface area contributed by atoms with E-state index < -0.39 is 11.4 Å². The predicted molar refractivity (Wildman–Crippen MR) is 219 cm³/mol. The summed E-state index contributed by atoms with van der Waals surface area (Å²) in [5.74, 6) is 0. The van der Waals surface area contributed by atoms with Crippen LogP contribution in [0.3, 0.4) is 0 Å². The van der Waals surface area contributed by atoms with E-state index >= 15 is 0 Å². The van der Waals surface area contributed by atoms with Crippen molar-refractivity contribution in [2.24, 2.45) is 0 Å². The van der Waals surface area contributed by atoms with Gasteiger partial charge >= 0.3 is 41.5 Å². The van der Waals surface area contributed by atoms with Crippen LogP contribution in [0, 0.1) is 0 Å². The van der Waals surface area contributed by atoms with Gasteiger partial charge in [0.15, 0.2) is 0 Å². The predicted octanol–water partition coefficient (Wildman–Crippen LogP) is 14.1. The first-order valence-electron chi connectivity index (χ1n) is 17.2. The number of nitrogens with one attached hydrogen (secondary N) is 2. The largest absolute Gasteiger partial charge is 0.374 e. The minimum atomic E-state index is -1.62. The van der Waals surface area contributed by atoms with E-state index in [4.69, 9.17) is 30.1 Å². The summed E-state index contributed by atoms with van der Waals surface area (Å²) < 4.78 is 0. The summed E-state index contributed by atoms with van der Waals surface area (Å²) in [4.78, 5) is 0. The molecule has 0 aromatic heterocycles. The van der Waals surface area contributed by atoms with Crippen molar-refractivity contribution >= 4 is 63.1 Å². The Balaban J connectivity index is 0.000000859. The van der Waals surface area contributed by atoms with Crippen molar-refractivity contribution in [3.05, 3.63) is 192 Å². The first kappa shape index (κ1) is 33.1. The van der Waals surface area contributed by atoms with Gasteiger partial charge in [0.25, 0.3) is 0 Å². The minimum absolute atomic E-state index is 0.0392. The van der Waals surface area contributed by atoms with E-state index in [1.165, 1.54) is 77.2 Å². The van der Waals surface area contributed by atoms with Crippen LogP contribution in [0.25, 0.3) is 54.9 Å². The average Bonchev–Trinajstić information content (AvgIpc) is 3.67. The molecule has 0 atom stereocenters. The number of halogens is 3. The topological polar surface area (TPSA) is 24.1 Å². The Labute approximate surface area is 320 Å². The third-order valence-electron chi connectivity index (χ3n) is 10.4. The second-order valence-corrected chi connectivity index (χ2v) is 19.4. The maximum absolute atomic E-state index is 4.93. The summed E-state index contributed by atoms with van der Waals surface area (Å²) in [7, 11) is 14.8. The van der Waals surface area contributed by atoms with E-state index in [1.54, 1.807) is 0 Å². The summed E-state index contributed by atoms with van der Waals surface area (Å²) in [6.45, 7) is 0. The van der Waals surface area contributed by atoms with Gasteiger partial charge in [0.1, 0.15) is 0 Å². The van der Waals surface area contributed by atoms with Crippen LogP contribution >= 0.6 is 30.1 Å². The molecule has 0 saturated carbocycles. The fourth-order valence-corrected chi connectivity index (χ4v) is 8.26. The van der Waals surface area contributed by atoms with E-state index in [-0.39, 0.29) is 12.1 Å². The number of hydrogen-bond donors (Lipinski definition) is 2. The van der Waals surface area contributed by atoms with E-state index in [1.807, 2.05) is 0 Å². The maximum Gasteiger partial charge on any atom is 0.0779 e. The Morgan fingerprint density at radius 2 is 0.635 bits per heavy atom. The molecule has 2 aliphatic carbocycles. The SMILES string of the molecule is [Cl][Cr]([Cl])[Cl].c1ccc2c(c1)-c1ccccc1C2Nc1ccc2ccccc2c1-c1c(NC2c3ccccc3-c3ccccc32)ccc2ccccc12. The van der Waals surface area contributed by atoms with E-state index in [2.05, 4.69) is 180 Å². The second kappa shape index (κ2) is 14.0. The van der Waals surface area contributed by atoms with Gasteiger partial charge in [0.2, 0.25) is 0 Å². The molecule has 253 valence electrons. The zero-order valence-electron chi connectivity index (χ0n) is 27.9. The van der Waals surface area contributed by atoms with Crippen molar-refractivity contribution in [3.63, 3.8) is 0 Å². The monoisotopic (exact) mass is 769 g/mol. The van der Waals surface area contributed by atoms with Crippen LogP contribution in [-0.4, -0.2) is 0 Å². The molecule has 0 spiro atoms. The van der Waals surface area contributed by atoms with E-state index in [0.717, 1.165) is 11.4 Å². The summed E-state index contributed by atoms with van der Waals surface area (Å²) in [5, 5.41) is 13.1. The first-order chi connectivity index (χ1) is 25.6. The maximum atomic E-state index is 4.93. The number of hydrogen-bond acceptors (Lipinski definition) is 2. The molecule has 0 bridgehead atoms. The van der Waals surface area contributed by atoms with Crippen LogP contribution in [0.5, 0.6) is 0 Å².